The van der Waals surface area contributed by atoms with Gasteiger partial charge in [0.25, 0.3) is 0 Å². The minimum atomic E-state index is -0.217. The van der Waals surface area contributed by atoms with E-state index < -0.39 is 0 Å². The number of ether oxygens (including phenoxy) is 2. The second-order valence-corrected chi connectivity index (χ2v) is 8.14. The lowest BCUT2D eigenvalue weighted by Crippen LogP contribution is -2.53. The Kier molecular flexibility index (Phi) is 6.80. The molecular formula is C24H30N4O4. The van der Waals surface area contributed by atoms with Crippen LogP contribution in [0.1, 0.15) is 12.0 Å². The molecule has 0 radical (unpaired) electrons. The largest absolute Gasteiger partial charge is 0.493 e. The van der Waals surface area contributed by atoms with Gasteiger partial charge in [0.05, 0.1) is 20.3 Å². The first-order chi connectivity index (χ1) is 15.6. The van der Waals surface area contributed by atoms with Crippen molar-refractivity contribution in [3.8, 4) is 11.5 Å². The summed E-state index contributed by atoms with van der Waals surface area (Å²) in [5, 5.41) is 3.04. The lowest BCUT2D eigenvalue weighted by Gasteiger charge is -2.35. The number of nitrogens with one attached hydrogen (secondary N) is 1. The predicted molar refractivity (Wildman–Crippen MR) is 122 cm³/mol. The van der Waals surface area contributed by atoms with E-state index in [0.717, 1.165) is 25.3 Å². The van der Waals surface area contributed by atoms with Gasteiger partial charge in [-0.3, -0.25) is 9.69 Å². The Bertz CT molecular complexity index is 944. The van der Waals surface area contributed by atoms with Crippen LogP contribution in [0.15, 0.2) is 48.5 Å². The van der Waals surface area contributed by atoms with Gasteiger partial charge in [-0.2, -0.15) is 0 Å². The summed E-state index contributed by atoms with van der Waals surface area (Å²) in [6.45, 7) is 4.37. The summed E-state index contributed by atoms with van der Waals surface area (Å²) in [5.74, 6) is 1.16. The molecule has 0 aliphatic carbocycles. The Labute approximate surface area is 188 Å². The highest BCUT2D eigenvalue weighted by atomic mass is 16.5. The van der Waals surface area contributed by atoms with E-state index >= 15 is 0 Å². The maximum absolute atomic E-state index is 12.8. The van der Waals surface area contributed by atoms with Crippen molar-refractivity contribution in [3.63, 3.8) is 0 Å². The maximum Gasteiger partial charge on any atom is 0.317 e. The van der Waals surface area contributed by atoms with Gasteiger partial charge in [0.1, 0.15) is 0 Å². The second kappa shape index (κ2) is 9.91. The van der Waals surface area contributed by atoms with E-state index in [1.54, 1.807) is 31.3 Å². The molecule has 0 aromatic heterocycles. The molecule has 4 rings (SSSR count). The third kappa shape index (κ3) is 4.96. The second-order valence-electron chi connectivity index (χ2n) is 8.14. The molecule has 2 fully saturated rings. The summed E-state index contributed by atoms with van der Waals surface area (Å²) in [6, 6.07) is 15.4. The highest BCUT2D eigenvalue weighted by Gasteiger charge is 2.33. The maximum atomic E-state index is 12.8. The Morgan fingerprint density at radius 3 is 2.41 bits per heavy atom. The molecule has 1 N–H and O–H groups in total. The molecule has 0 saturated carbocycles. The molecule has 2 heterocycles. The van der Waals surface area contributed by atoms with Crippen molar-refractivity contribution >= 4 is 17.6 Å². The van der Waals surface area contributed by atoms with Crippen LogP contribution in [0.3, 0.4) is 0 Å². The summed E-state index contributed by atoms with van der Waals surface area (Å²) in [5.41, 5.74) is 2.02. The number of piperazine rings is 1. The number of carbonyl (C=O) groups excluding carboxylic acids is 2. The molecule has 0 bridgehead atoms. The zero-order chi connectivity index (χ0) is 22.5. The van der Waals surface area contributed by atoms with Crippen molar-refractivity contribution in [2.45, 2.75) is 19.0 Å². The first kappa shape index (κ1) is 22.0. The van der Waals surface area contributed by atoms with E-state index in [0.29, 0.717) is 31.1 Å². The Morgan fingerprint density at radius 1 is 1.00 bits per heavy atom. The number of amides is 3. The number of nitrogens with zero attached hydrogens (tertiary/aromatic N) is 3. The third-order valence-electron chi connectivity index (χ3n) is 6.04. The number of hydrogen-bond donors (Lipinski definition) is 1. The van der Waals surface area contributed by atoms with Crippen molar-refractivity contribution in [2.24, 2.45) is 0 Å². The van der Waals surface area contributed by atoms with Gasteiger partial charge in [0.15, 0.2) is 11.5 Å². The van der Waals surface area contributed by atoms with Crippen LogP contribution in [-0.4, -0.2) is 74.7 Å². The van der Waals surface area contributed by atoms with Crippen molar-refractivity contribution < 1.29 is 19.1 Å². The first-order valence-electron chi connectivity index (χ1n) is 10.9. The van der Waals surface area contributed by atoms with E-state index in [2.05, 4.69) is 22.3 Å². The van der Waals surface area contributed by atoms with Gasteiger partial charge in [-0.25, -0.2) is 4.79 Å². The summed E-state index contributed by atoms with van der Waals surface area (Å²) >= 11 is 0. The topological polar surface area (TPSA) is 74.4 Å². The van der Waals surface area contributed by atoms with E-state index in [9.17, 15) is 9.59 Å². The minimum absolute atomic E-state index is 0.0183. The average molecular weight is 439 g/mol. The van der Waals surface area contributed by atoms with Crippen molar-refractivity contribution in [1.82, 2.24) is 15.1 Å². The first-order valence-corrected chi connectivity index (χ1v) is 10.9. The molecule has 3 amide bonds. The molecule has 0 spiro atoms. The number of benzene rings is 2. The van der Waals surface area contributed by atoms with Gasteiger partial charge >= 0.3 is 6.03 Å². The van der Waals surface area contributed by atoms with Crippen LogP contribution >= 0.6 is 0 Å². The quantitative estimate of drug-likeness (QED) is 0.750. The zero-order valence-corrected chi connectivity index (χ0v) is 18.6. The monoisotopic (exact) mass is 438 g/mol. The number of urea groups is 1. The standard InChI is InChI=1S/C24H30N4O4/c1-31-21-9-8-20(15-22(21)32-2)28-17-19(14-23(28)29)25-24(30)27-12-10-26(11-13-27)16-18-6-4-3-5-7-18/h3-9,15,19H,10-14,16-17H2,1-2H3,(H,25,30). The molecule has 2 saturated heterocycles. The zero-order valence-electron chi connectivity index (χ0n) is 18.6. The number of carbonyl (C=O) groups is 2. The molecule has 2 aliphatic rings. The number of rotatable bonds is 6. The lowest BCUT2D eigenvalue weighted by atomic mass is 10.2. The van der Waals surface area contributed by atoms with Crippen LogP contribution in [0.4, 0.5) is 10.5 Å². The van der Waals surface area contributed by atoms with E-state index in [4.69, 9.17) is 9.47 Å². The summed E-state index contributed by atoms with van der Waals surface area (Å²) in [7, 11) is 3.14. The normalized spacial score (nSPS) is 19.2. The molecule has 170 valence electrons. The number of methoxy groups -OCH3 is 2. The fraction of sp³-hybridized carbons (Fsp3) is 0.417. The summed E-state index contributed by atoms with van der Waals surface area (Å²) < 4.78 is 10.6. The van der Waals surface area contributed by atoms with Crippen LogP contribution in [-0.2, 0) is 11.3 Å². The van der Waals surface area contributed by atoms with Crippen LogP contribution in [0.25, 0.3) is 0 Å². The highest BCUT2D eigenvalue weighted by Crippen LogP contribution is 2.33. The molecule has 32 heavy (non-hydrogen) atoms. The predicted octanol–water partition coefficient (Wildman–Crippen LogP) is 2.34. The summed E-state index contributed by atoms with van der Waals surface area (Å²) in [4.78, 5) is 31.3. The van der Waals surface area contributed by atoms with Crippen LogP contribution in [0, 0.1) is 0 Å². The van der Waals surface area contributed by atoms with Gasteiger partial charge in [0.2, 0.25) is 5.91 Å². The van der Waals surface area contributed by atoms with Gasteiger partial charge < -0.3 is 24.6 Å². The minimum Gasteiger partial charge on any atom is -0.493 e. The average Bonchev–Trinajstić information content (AvgIpc) is 3.19. The van der Waals surface area contributed by atoms with Crippen molar-refractivity contribution in [3.05, 3.63) is 54.1 Å². The Morgan fingerprint density at radius 2 is 1.72 bits per heavy atom. The van der Waals surface area contributed by atoms with Gasteiger partial charge in [0, 0.05) is 57.4 Å². The number of hydrogen-bond acceptors (Lipinski definition) is 5. The fourth-order valence-corrected chi connectivity index (χ4v) is 4.26. The summed E-state index contributed by atoms with van der Waals surface area (Å²) in [6.07, 6.45) is 0.286. The van der Waals surface area contributed by atoms with E-state index in [-0.39, 0.29) is 24.4 Å². The molecule has 8 nitrogen and oxygen atoms in total. The molecule has 1 atom stereocenters. The molecule has 2 aromatic rings. The highest BCUT2D eigenvalue weighted by molar-refractivity contribution is 5.97. The SMILES string of the molecule is COc1ccc(N2CC(NC(=O)N3CCN(Cc4ccccc4)CC3)CC2=O)cc1OC. The lowest BCUT2D eigenvalue weighted by molar-refractivity contribution is -0.117. The fourth-order valence-electron chi connectivity index (χ4n) is 4.26. The van der Waals surface area contributed by atoms with Crippen molar-refractivity contribution in [1.29, 1.82) is 0 Å². The van der Waals surface area contributed by atoms with Gasteiger partial charge in [-0.1, -0.05) is 30.3 Å². The van der Waals surface area contributed by atoms with Crippen LogP contribution in [0.2, 0.25) is 0 Å². The molecule has 8 heteroatoms. The molecule has 2 aliphatic heterocycles. The van der Waals surface area contributed by atoms with E-state index in [1.165, 1.54) is 5.56 Å². The Balaban J connectivity index is 1.29. The Hall–Kier alpha value is -3.26. The van der Waals surface area contributed by atoms with Gasteiger partial charge in [-0.05, 0) is 17.7 Å². The van der Waals surface area contributed by atoms with E-state index in [1.807, 2.05) is 29.2 Å². The number of anilines is 1. The molecule has 2 aromatic carbocycles. The molecule has 1 unspecified atom stereocenters. The van der Waals surface area contributed by atoms with Crippen LogP contribution < -0.4 is 19.7 Å². The van der Waals surface area contributed by atoms with Crippen molar-refractivity contribution in [2.75, 3.05) is 51.8 Å². The molecular weight excluding hydrogens is 408 g/mol. The smallest absolute Gasteiger partial charge is 0.317 e. The van der Waals surface area contributed by atoms with Gasteiger partial charge in [-0.15, -0.1) is 0 Å². The van der Waals surface area contributed by atoms with Crippen LogP contribution in [0.5, 0.6) is 11.5 Å². The third-order valence-corrected chi connectivity index (χ3v) is 6.04.